The van der Waals surface area contributed by atoms with Crippen molar-refractivity contribution < 1.29 is 23.1 Å². The van der Waals surface area contributed by atoms with Gasteiger partial charge in [0.2, 0.25) is 0 Å². The van der Waals surface area contributed by atoms with Gasteiger partial charge in [0.05, 0.1) is 5.92 Å². The van der Waals surface area contributed by atoms with Crippen molar-refractivity contribution in [3.05, 3.63) is 34.1 Å². The summed E-state index contributed by atoms with van der Waals surface area (Å²) in [6.45, 7) is 0.149. The van der Waals surface area contributed by atoms with Crippen LogP contribution in [0, 0.1) is 23.4 Å². The zero-order valence-electron chi connectivity index (χ0n) is 9.01. The number of benzene rings is 1. The molecule has 1 aromatic rings. The summed E-state index contributed by atoms with van der Waals surface area (Å²) >= 11 is 5.33. The van der Waals surface area contributed by atoms with Gasteiger partial charge in [-0.05, 0) is 12.5 Å². The summed E-state index contributed by atoms with van der Waals surface area (Å²) in [5.74, 6) is -5.44. The Kier molecular flexibility index (Phi) is 3.49. The second kappa shape index (κ2) is 4.78. The van der Waals surface area contributed by atoms with E-state index in [1.54, 1.807) is 0 Å². The van der Waals surface area contributed by atoms with Gasteiger partial charge in [0.1, 0.15) is 10.8 Å². The molecule has 0 amide bonds. The number of carbonyl (C=O) groups is 1. The second-order valence-electron chi connectivity index (χ2n) is 4.12. The van der Waals surface area contributed by atoms with E-state index < -0.39 is 40.4 Å². The molecule has 2 N–H and O–H groups in total. The predicted octanol–water partition coefficient (Wildman–Crippen LogP) is 2.49. The Labute approximate surface area is 106 Å². The Morgan fingerprint density at radius 2 is 2.06 bits per heavy atom. The average Bonchev–Trinajstić information content (AvgIpc) is 2.80. The molecule has 1 heterocycles. The summed E-state index contributed by atoms with van der Waals surface area (Å²) < 4.78 is 39.9. The van der Waals surface area contributed by atoms with E-state index in [1.165, 1.54) is 0 Å². The Hall–Kier alpha value is -1.27. The van der Waals surface area contributed by atoms with Crippen molar-refractivity contribution >= 4 is 17.6 Å². The van der Waals surface area contributed by atoms with Crippen LogP contribution in [0.2, 0.25) is 5.02 Å². The van der Waals surface area contributed by atoms with Crippen molar-refractivity contribution in [2.45, 2.75) is 12.5 Å². The molecule has 1 aliphatic heterocycles. The Bertz CT molecular complexity index is 510. The fraction of sp³-hybridized carbons (Fsp3) is 0.364. The van der Waals surface area contributed by atoms with E-state index in [9.17, 15) is 18.0 Å². The van der Waals surface area contributed by atoms with E-state index in [0.29, 0.717) is 6.07 Å². The van der Waals surface area contributed by atoms with Crippen LogP contribution in [-0.2, 0) is 4.79 Å². The Balaban J connectivity index is 2.33. The molecule has 1 saturated heterocycles. The molecule has 7 heteroatoms. The minimum atomic E-state index is -1.44. The van der Waals surface area contributed by atoms with Crippen LogP contribution in [0.25, 0.3) is 0 Å². The predicted molar refractivity (Wildman–Crippen MR) is 57.8 cm³/mol. The van der Waals surface area contributed by atoms with Gasteiger partial charge in [-0.2, -0.15) is 0 Å². The molecular formula is C11H9ClF3NO2. The van der Waals surface area contributed by atoms with Crippen LogP contribution in [0.15, 0.2) is 6.07 Å². The first-order chi connectivity index (χ1) is 8.41. The van der Waals surface area contributed by atoms with Crippen LogP contribution in [-0.4, -0.2) is 17.6 Å². The molecule has 0 saturated carbocycles. The van der Waals surface area contributed by atoms with Gasteiger partial charge in [0.25, 0.3) is 0 Å². The third kappa shape index (κ3) is 2.18. The van der Waals surface area contributed by atoms with Crippen LogP contribution in [0.3, 0.4) is 0 Å². The van der Waals surface area contributed by atoms with Gasteiger partial charge in [-0.25, -0.2) is 13.2 Å². The molecule has 0 spiro atoms. The van der Waals surface area contributed by atoms with Crippen LogP contribution in [0.5, 0.6) is 0 Å². The molecular weight excluding hydrogens is 271 g/mol. The van der Waals surface area contributed by atoms with Gasteiger partial charge in [-0.1, -0.05) is 11.6 Å². The van der Waals surface area contributed by atoms with Gasteiger partial charge in [0.15, 0.2) is 11.6 Å². The number of hydrogen-bond acceptors (Lipinski definition) is 2. The summed E-state index contributed by atoms with van der Waals surface area (Å²) in [6.07, 6.45) is 0.105. The van der Waals surface area contributed by atoms with Crippen molar-refractivity contribution in [2.75, 3.05) is 6.54 Å². The molecule has 0 radical (unpaired) electrons. The van der Waals surface area contributed by atoms with Crippen LogP contribution < -0.4 is 5.32 Å². The number of carboxylic acids is 1. The van der Waals surface area contributed by atoms with E-state index in [0.717, 1.165) is 0 Å². The summed E-state index contributed by atoms with van der Waals surface area (Å²) in [7, 11) is 0. The highest BCUT2D eigenvalue weighted by Gasteiger charge is 2.33. The van der Waals surface area contributed by atoms with Crippen LogP contribution >= 0.6 is 11.6 Å². The number of aliphatic carboxylic acids is 1. The minimum absolute atomic E-state index is 0.105. The number of rotatable bonds is 2. The second-order valence-corrected chi connectivity index (χ2v) is 4.50. The lowest BCUT2D eigenvalue weighted by atomic mass is 9.99. The molecule has 98 valence electrons. The number of carboxylic acid groups (broad SMARTS) is 1. The van der Waals surface area contributed by atoms with Gasteiger partial charge in [-0.3, -0.25) is 4.79 Å². The highest BCUT2D eigenvalue weighted by atomic mass is 35.5. The lowest BCUT2D eigenvalue weighted by Crippen LogP contribution is -2.18. The van der Waals surface area contributed by atoms with Crippen LogP contribution in [0.1, 0.15) is 18.0 Å². The van der Waals surface area contributed by atoms with E-state index in [4.69, 9.17) is 16.7 Å². The molecule has 3 nitrogen and oxygen atoms in total. The van der Waals surface area contributed by atoms with E-state index in [2.05, 4.69) is 5.32 Å². The van der Waals surface area contributed by atoms with Crippen LogP contribution in [0.4, 0.5) is 13.2 Å². The van der Waals surface area contributed by atoms with Gasteiger partial charge in [-0.15, -0.1) is 0 Å². The molecule has 1 aromatic carbocycles. The monoisotopic (exact) mass is 279 g/mol. The summed E-state index contributed by atoms with van der Waals surface area (Å²) in [4.78, 5) is 10.8. The lowest BCUT2D eigenvalue weighted by Gasteiger charge is -2.13. The Morgan fingerprint density at radius 3 is 2.61 bits per heavy atom. The summed E-state index contributed by atoms with van der Waals surface area (Å²) in [6, 6.07) is 0.0250. The lowest BCUT2D eigenvalue weighted by molar-refractivity contribution is -0.141. The van der Waals surface area contributed by atoms with E-state index >= 15 is 0 Å². The SMILES string of the molecule is O=C(O)C1CNC(c2cc(F)c(F)c(Cl)c2F)C1. The fourth-order valence-electron chi connectivity index (χ4n) is 2.01. The Morgan fingerprint density at radius 1 is 1.39 bits per heavy atom. The van der Waals surface area contributed by atoms with Gasteiger partial charge < -0.3 is 10.4 Å². The average molecular weight is 280 g/mol. The van der Waals surface area contributed by atoms with Crippen molar-refractivity contribution in [1.82, 2.24) is 5.32 Å². The molecule has 2 atom stereocenters. The highest BCUT2D eigenvalue weighted by molar-refractivity contribution is 6.31. The van der Waals surface area contributed by atoms with E-state index in [1.807, 2.05) is 0 Å². The first-order valence-corrected chi connectivity index (χ1v) is 5.58. The normalized spacial score (nSPS) is 23.3. The molecule has 18 heavy (non-hydrogen) atoms. The molecule has 1 aliphatic rings. The maximum atomic E-state index is 13.7. The minimum Gasteiger partial charge on any atom is -0.481 e. The van der Waals surface area contributed by atoms with Crippen molar-refractivity contribution in [3.63, 3.8) is 0 Å². The van der Waals surface area contributed by atoms with Crippen molar-refractivity contribution in [2.24, 2.45) is 5.92 Å². The molecule has 2 rings (SSSR count). The quantitative estimate of drug-likeness (QED) is 0.646. The first-order valence-electron chi connectivity index (χ1n) is 5.21. The van der Waals surface area contributed by atoms with Crippen molar-refractivity contribution in [1.29, 1.82) is 0 Å². The maximum absolute atomic E-state index is 13.7. The van der Waals surface area contributed by atoms with Crippen molar-refractivity contribution in [3.8, 4) is 0 Å². The zero-order valence-corrected chi connectivity index (χ0v) is 9.77. The van der Waals surface area contributed by atoms with Gasteiger partial charge >= 0.3 is 5.97 Å². The van der Waals surface area contributed by atoms with E-state index in [-0.39, 0.29) is 18.5 Å². The fourth-order valence-corrected chi connectivity index (χ4v) is 2.20. The highest BCUT2D eigenvalue weighted by Crippen LogP contribution is 2.33. The number of nitrogens with one attached hydrogen (secondary N) is 1. The molecule has 1 fully saturated rings. The molecule has 2 unspecified atom stereocenters. The zero-order chi connectivity index (χ0) is 13.4. The maximum Gasteiger partial charge on any atom is 0.307 e. The molecule has 0 bridgehead atoms. The molecule has 0 aliphatic carbocycles. The molecule has 0 aromatic heterocycles. The summed E-state index contributed by atoms with van der Waals surface area (Å²) in [5, 5.41) is 10.6. The number of halogens is 4. The smallest absolute Gasteiger partial charge is 0.307 e. The first kappa shape index (κ1) is 13.2. The third-order valence-corrected chi connectivity index (χ3v) is 3.32. The number of hydrogen-bond donors (Lipinski definition) is 2. The van der Waals surface area contributed by atoms with Gasteiger partial charge in [0, 0.05) is 18.2 Å². The summed E-state index contributed by atoms with van der Waals surface area (Å²) in [5.41, 5.74) is -0.150. The topological polar surface area (TPSA) is 49.3 Å². The largest absolute Gasteiger partial charge is 0.481 e. The third-order valence-electron chi connectivity index (χ3n) is 2.99. The standard InChI is InChI=1S/C11H9ClF3NO2/c12-8-9(14)5(2-6(13)10(8)15)7-1-4(3-16-7)11(17)18/h2,4,7,16H,1,3H2,(H,17,18).